The van der Waals surface area contributed by atoms with Crippen molar-refractivity contribution in [2.75, 3.05) is 0 Å². The molecule has 1 aliphatic carbocycles. The van der Waals surface area contributed by atoms with Crippen molar-refractivity contribution in [3.63, 3.8) is 0 Å². The van der Waals surface area contributed by atoms with Crippen molar-refractivity contribution in [1.82, 2.24) is 15.0 Å². The third-order valence-corrected chi connectivity index (χ3v) is 4.67. The fraction of sp³-hybridized carbons (Fsp3) is 0.136. The summed E-state index contributed by atoms with van der Waals surface area (Å²) in [6.45, 7) is 2.19. The summed E-state index contributed by atoms with van der Waals surface area (Å²) in [6, 6.07) is 18.1. The Balaban J connectivity index is 1.78. The van der Waals surface area contributed by atoms with Gasteiger partial charge in [0.15, 0.2) is 11.6 Å². The van der Waals surface area contributed by atoms with Gasteiger partial charge >= 0.3 is 0 Å². The van der Waals surface area contributed by atoms with Crippen molar-refractivity contribution >= 4 is 17.2 Å². The summed E-state index contributed by atoms with van der Waals surface area (Å²) < 4.78 is 0. The van der Waals surface area contributed by atoms with E-state index in [9.17, 15) is 0 Å². The first-order chi connectivity index (χ1) is 12.7. The molecular formula is C22H18ClN3. The summed E-state index contributed by atoms with van der Waals surface area (Å²) in [5.74, 6) is 1.17. The van der Waals surface area contributed by atoms with Gasteiger partial charge < -0.3 is 0 Å². The number of hydrogen-bond donors (Lipinski definition) is 0. The minimum absolute atomic E-state index is 0.201. The van der Waals surface area contributed by atoms with Crippen LogP contribution in [0.4, 0.5) is 0 Å². The van der Waals surface area contributed by atoms with Gasteiger partial charge in [-0.05, 0) is 48.6 Å². The molecule has 0 fully saturated rings. The smallest absolute Gasteiger partial charge is 0.208 e. The summed E-state index contributed by atoms with van der Waals surface area (Å²) in [5.41, 5.74) is 5.71. The van der Waals surface area contributed by atoms with E-state index < -0.39 is 0 Å². The number of benzene rings is 2. The standard InChI is InChI=1S/C22H18ClN3/c1-15-8-5-6-13-19(15)17-11-7-12-18(14-17)21-24-20(25-22(23)26-21)16-9-3-2-4-10-16/h2-4,6-7,9-14H,5,8H2,1H3. The monoisotopic (exact) mass is 359 g/mol. The number of hydrogen-bond acceptors (Lipinski definition) is 3. The lowest BCUT2D eigenvalue weighted by Gasteiger charge is -2.13. The van der Waals surface area contributed by atoms with Gasteiger partial charge in [0.25, 0.3) is 0 Å². The molecule has 2 aromatic carbocycles. The van der Waals surface area contributed by atoms with Crippen LogP contribution in [0, 0.1) is 0 Å². The normalized spacial score (nSPS) is 13.9. The molecule has 4 heteroatoms. The number of allylic oxidation sites excluding steroid dienone is 4. The van der Waals surface area contributed by atoms with E-state index >= 15 is 0 Å². The van der Waals surface area contributed by atoms with Crippen LogP contribution in [0.1, 0.15) is 25.3 Å². The Hall–Kier alpha value is -2.78. The van der Waals surface area contributed by atoms with Crippen LogP contribution in [0.2, 0.25) is 5.28 Å². The lowest BCUT2D eigenvalue weighted by molar-refractivity contribution is 0.967. The SMILES string of the molecule is CC1=C(c2cccc(-c3nc(Cl)nc(-c4ccccc4)n3)c2)C=CCC1. The lowest BCUT2D eigenvalue weighted by Crippen LogP contribution is -1.98. The molecule has 0 saturated carbocycles. The summed E-state index contributed by atoms with van der Waals surface area (Å²) >= 11 is 6.18. The highest BCUT2D eigenvalue weighted by Crippen LogP contribution is 2.30. The molecule has 0 amide bonds. The minimum Gasteiger partial charge on any atom is -0.208 e. The third-order valence-electron chi connectivity index (χ3n) is 4.50. The Morgan fingerprint density at radius 3 is 2.27 bits per heavy atom. The van der Waals surface area contributed by atoms with Gasteiger partial charge in [0.2, 0.25) is 5.28 Å². The maximum Gasteiger partial charge on any atom is 0.226 e. The molecule has 1 aliphatic rings. The van der Waals surface area contributed by atoms with Gasteiger partial charge in [-0.1, -0.05) is 66.3 Å². The summed E-state index contributed by atoms with van der Waals surface area (Å²) in [6.07, 6.45) is 6.64. The molecule has 0 radical (unpaired) electrons. The van der Waals surface area contributed by atoms with Gasteiger partial charge in [-0.25, -0.2) is 4.98 Å². The Labute approximate surface area is 158 Å². The molecule has 0 bridgehead atoms. The van der Waals surface area contributed by atoms with Crippen LogP contribution in [0.5, 0.6) is 0 Å². The summed E-state index contributed by atoms with van der Waals surface area (Å²) in [7, 11) is 0. The van der Waals surface area contributed by atoms with Crippen LogP contribution in [0.25, 0.3) is 28.3 Å². The molecule has 0 unspecified atom stereocenters. The minimum atomic E-state index is 0.201. The van der Waals surface area contributed by atoms with Crippen LogP contribution in [-0.2, 0) is 0 Å². The van der Waals surface area contributed by atoms with Gasteiger partial charge in [-0.3, -0.25) is 0 Å². The van der Waals surface area contributed by atoms with Crippen molar-refractivity contribution in [3.8, 4) is 22.8 Å². The van der Waals surface area contributed by atoms with Gasteiger partial charge in [-0.15, -0.1) is 0 Å². The second-order valence-electron chi connectivity index (χ2n) is 6.33. The fourth-order valence-electron chi connectivity index (χ4n) is 3.14. The first-order valence-corrected chi connectivity index (χ1v) is 9.02. The van der Waals surface area contributed by atoms with Gasteiger partial charge in [0.1, 0.15) is 0 Å². The first kappa shape index (κ1) is 16.7. The molecular weight excluding hydrogens is 342 g/mol. The maximum absolute atomic E-state index is 6.18. The van der Waals surface area contributed by atoms with E-state index in [1.54, 1.807) is 0 Å². The molecule has 0 N–H and O–H groups in total. The van der Waals surface area contributed by atoms with Crippen molar-refractivity contribution in [2.24, 2.45) is 0 Å². The highest BCUT2D eigenvalue weighted by atomic mass is 35.5. The zero-order chi connectivity index (χ0) is 17.9. The number of aromatic nitrogens is 3. The second kappa shape index (κ2) is 7.22. The predicted molar refractivity (Wildman–Crippen MR) is 107 cm³/mol. The highest BCUT2D eigenvalue weighted by Gasteiger charge is 2.12. The zero-order valence-electron chi connectivity index (χ0n) is 14.5. The van der Waals surface area contributed by atoms with Crippen LogP contribution < -0.4 is 0 Å². The zero-order valence-corrected chi connectivity index (χ0v) is 15.2. The molecule has 1 heterocycles. The molecule has 1 aromatic heterocycles. The topological polar surface area (TPSA) is 38.7 Å². The highest BCUT2D eigenvalue weighted by molar-refractivity contribution is 6.28. The molecule has 0 aliphatic heterocycles. The van der Waals surface area contributed by atoms with Gasteiger partial charge in [0.05, 0.1) is 0 Å². The van der Waals surface area contributed by atoms with E-state index in [-0.39, 0.29) is 5.28 Å². The summed E-state index contributed by atoms with van der Waals surface area (Å²) in [5, 5.41) is 0.201. The fourth-order valence-corrected chi connectivity index (χ4v) is 3.30. The van der Waals surface area contributed by atoms with Crippen molar-refractivity contribution < 1.29 is 0 Å². The van der Waals surface area contributed by atoms with E-state index in [0.29, 0.717) is 11.6 Å². The average Bonchev–Trinajstić information content (AvgIpc) is 2.69. The lowest BCUT2D eigenvalue weighted by atomic mass is 9.92. The van der Waals surface area contributed by atoms with Crippen LogP contribution in [0.15, 0.2) is 72.3 Å². The Bertz CT molecular complexity index is 1010. The Morgan fingerprint density at radius 1 is 0.808 bits per heavy atom. The van der Waals surface area contributed by atoms with Crippen molar-refractivity contribution in [1.29, 1.82) is 0 Å². The third kappa shape index (κ3) is 3.44. The van der Waals surface area contributed by atoms with Gasteiger partial charge in [0, 0.05) is 11.1 Å². The average molecular weight is 360 g/mol. The van der Waals surface area contributed by atoms with Crippen LogP contribution in [0.3, 0.4) is 0 Å². The number of nitrogens with zero attached hydrogens (tertiary/aromatic N) is 3. The summed E-state index contributed by atoms with van der Waals surface area (Å²) in [4.78, 5) is 13.3. The molecule has 3 aromatic rings. The predicted octanol–water partition coefficient (Wildman–Crippen LogP) is 5.98. The van der Waals surface area contributed by atoms with Gasteiger partial charge in [-0.2, -0.15) is 9.97 Å². The van der Waals surface area contributed by atoms with E-state index in [1.807, 2.05) is 42.5 Å². The number of halogens is 1. The molecule has 3 nitrogen and oxygen atoms in total. The van der Waals surface area contributed by atoms with E-state index in [4.69, 9.17) is 11.6 Å². The van der Waals surface area contributed by atoms with Crippen LogP contribution >= 0.6 is 11.6 Å². The first-order valence-electron chi connectivity index (χ1n) is 8.65. The molecule has 4 rings (SSSR count). The Kier molecular flexibility index (Phi) is 4.63. The largest absolute Gasteiger partial charge is 0.226 e. The van der Waals surface area contributed by atoms with E-state index in [1.165, 1.54) is 16.7 Å². The Morgan fingerprint density at radius 2 is 1.50 bits per heavy atom. The quantitative estimate of drug-likeness (QED) is 0.577. The van der Waals surface area contributed by atoms with Crippen molar-refractivity contribution in [3.05, 3.63) is 83.2 Å². The van der Waals surface area contributed by atoms with Crippen LogP contribution in [-0.4, -0.2) is 15.0 Å². The number of rotatable bonds is 3. The molecule has 0 spiro atoms. The van der Waals surface area contributed by atoms with E-state index in [2.05, 4.69) is 46.2 Å². The van der Waals surface area contributed by atoms with E-state index in [0.717, 1.165) is 24.0 Å². The maximum atomic E-state index is 6.18. The molecule has 128 valence electrons. The molecule has 26 heavy (non-hydrogen) atoms. The second-order valence-corrected chi connectivity index (χ2v) is 6.67. The molecule has 0 saturated heterocycles. The van der Waals surface area contributed by atoms with Crippen molar-refractivity contribution in [2.45, 2.75) is 19.8 Å². The molecule has 0 atom stereocenters.